The van der Waals surface area contributed by atoms with E-state index in [2.05, 4.69) is 5.32 Å². The molecule has 1 aromatic carbocycles. The maximum absolute atomic E-state index is 13.2. The largest absolute Gasteiger partial charge is 0.319 e. The fourth-order valence-corrected chi connectivity index (χ4v) is 1.48. The van der Waals surface area contributed by atoms with Crippen molar-refractivity contribution in [3.63, 3.8) is 0 Å². The van der Waals surface area contributed by atoms with Crippen LogP contribution in [0.3, 0.4) is 0 Å². The Balaban J connectivity index is 2.67. The van der Waals surface area contributed by atoms with E-state index in [0.717, 1.165) is 12.6 Å². The van der Waals surface area contributed by atoms with Gasteiger partial charge in [0, 0.05) is 6.07 Å². The third-order valence-corrected chi connectivity index (χ3v) is 2.14. The van der Waals surface area contributed by atoms with Gasteiger partial charge in [0.25, 0.3) is 0 Å². The molecule has 1 atom stereocenters. The molecule has 0 heterocycles. The van der Waals surface area contributed by atoms with Crippen molar-refractivity contribution in [2.45, 2.75) is 13.3 Å². The first-order valence-corrected chi connectivity index (χ1v) is 4.72. The third kappa shape index (κ3) is 3.07. The second-order valence-electron chi connectivity index (χ2n) is 3.60. The lowest BCUT2D eigenvalue weighted by atomic mass is 10.0. The SMILES string of the molecule is CNCC(C)Cc1ccc(F)cc1F. The summed E-state index contributed by atoms with van der Waals surface area (Å²) in [5, 5.41) is 3.02. The van der Waals surface area contributed by atoms with E-state index in [-0.39, 0.29) is 0 Å². The predicted octanol–water partition coefficient (Wildman–Crippen LogP) is 2.36. The van der Waals surface area contributed by atoms with Gasteiger partial charge >= 0.3 is 0 Å². The van der Waals surface area contributed by atoms with Gasteiger partial charge in [0.2, 0.25) is 0 Å². The molecule has 0 saturated heterocycles. The summed E-state index contributed by atoms with van der Waals surface area (Å²) in [4.78, 5) is 0. The first kappa shape index (κ1) is 11.1. The molecule has 0 amide bonds. The first-order valence-electron chi connectivity index (χ1n) is 4.72. The summed E-state index contributed by atoms with van der Waals surface area (Å²) in [5.41, 5.74) is 0.578. The van der Waals surface area contributed by atoms with Gasteiger partial charge in [0.1, 0.15) is 11.6 Å². The molecule has 0 bridgehead atoms. The summed E-state index contributed by atoms with van der Waals surface area (Å²) in [6.07, 6.45) is 0.632. The summed E-state index contributed by atoms with van der Waals surface area (Å²) in [7, 11) is 1.86. The van der Waals surface area contributed by atoms with Gasteiger partial charge in [-0.25, -0.2) is 8.78 Å². The number of halogens is 2. The molecule has 1 rings (SSSR count). The summed E-state index contributed by atoms with van der Waals surface area (Å²) >= 11 is 0. The van der Waals surface area contributed by atoms with Crippen molar-refractivity contribution >= 4 is 0 Å². The number of rotatable bonds is 4. The summed E-state index contributed by atoms with van der Waals surface area (Å²) in [6, 6.07) is 3.74. The van der Waals surface area contributed by atoms with Crippen LogP contribution in [-0.4, -0.2) is 13.6 Å². The van der Waals surface area contributed by atoms with Gasteiger partial charge in [0.15, 0.2) is 0 Å². The van der Waals surface area contributed by atoms with E-state index in [1.54, 1.807) is 0 Å². The number of nitrogens with one attached hydrogen (secondary N) is 1. The maximum Gasteiger partial charge on any atom is 0.129 e. The zero-order valence-electron chi connectivity index (χ0n) is 8.48. The summed E-state index contributed by atoms with van der Waals surface area (Å²) in [6.45, 7) is 2.86. The number of hydrogen-bond acceptors (Lipinski definition) is 1. The minimum atomic E-state index is -0.521. The Morgan fingerprint density at radius 2 is 2.07 bits per heavy atom. The van der Waals surface area contributed by atoms with Gasteiger partial charge in [-0.1, -0.05) is 13.0 Å². The average Bonchev–Trinajstić information content (AvgIpc) is 2.10. The molecule has 0 aliphatic heterocycles. The molecule has 1 nitrogen and oxygen atoms in total. The molecule has 0 saturated carbocycles. The van der Waals surface area contributed by atoms with Crippen LogP contribution in [0.25, 0.3) is 0 Å². The molecule has 78 valence electrons. The molecule has 0 radical (unpaired) electrons. The molecular formula is C11H15F2N. The smallest absolute Gasteiger partial charge is 0.129 e. The lowest BCUT2D eigenvalue weighted by molar-refractivity contribution is 0.514. The predicted molar refractivity (Wildman–Crippen MR) is 53.2 cm³/mol. The van der Waals surface area contributed by atoms with Crippen molar-refractivity contribution < 1.29 is 8.78 Å². The molecule has 0 fully saturated rings. The highest BCUT2D eigenvalue weighted by Gasteiger charge is 2.07. The van der Waals surface area contributed by atoms with Gasteiger partial charge in [-0.15, -0.1) is 0 Å². The van der Waals surface area contributed by atoms with E-state index in [9.17, 15) is 8.78 Å². The molecule has 0 aliphatic rings. The van der Waals surface area contributed by atoms with Crippen LogP contribution in [0.1, 0.15) is 12.5 Å². The Bertz CT molecular complexity index is 299. The van der Waals surface area contributed by atoms with Crippen molar-refractivity contribution in [2.75, 3.05) is 13.6 Å². The zero-order chi connectivity index (χ0) is 10.6. The van der Waals surface area contributed by atoms with Gasteiger partial charge in [-0.05, 0) is 37.6 Å². The molecule has 1 aromatic rings. The van der Waals surface area contributed by atoms with E-state index < -0.39 is 11.6 Å². The van der Waals surface area contributed by atoms with E-state index >= 15 is 0 Å². The van der Waals surface area contributed by atoms with Crippen LogP contribution in [0.4, 0.5) is 8.78 Å². The van der Waals surface area contributed by atoms with Crippen molar-refractivity contribution in [3.05, 3.63) is 35.4 Å². The Morgan fingerprint density at radius 1 is 1.36 bits per heavy atom. The van der Waals surface area contributed by atoms with Crippen molar-refractivity contribution in [1.29, 1.82) is 0 Å². The Kier molecular flexibility index (Phi) is 4.01. The molecule has 0 spiro atoms. The lowest BCUT2D eigenvalue weighted by Crippen LogP contribution is -2.18. The second kappa shape index (κ2) is 5.05. The zero-order valence-corrected chi connectivity index (χ0v) is 8.48. The number of benzene rings is 1. The lowest BCUT2D eigenvalue weighted by Gasteiger charge is -2.11. The van der Waals surface area contributed by atoms with Crippen LogP contribution in [0.15, 0.2) is 18.2 Å². The quantitative estimate of drug-likeness (QED) is 0.785. The van der Waals surface area contributed by atoms with E-state index in [4.69, 9.17) is 0 Å². The molecule has 1 N–H and O–H groups in total. The van der Waals surface area contributed by atoms with Crippen molar-refractivity contribution in [2.24, 2.45) is 5.92 Å². The minimum Gasteiger partial charge on any atom is -0.319 e. The van der Waals surface area contributed by atoms with Gasteiger partial charge in [-0.3, -0.25) is 0 Å². The molecular weight excluding hydrogens is 184 g/mol. The van der Waals surface area contributed by atoms with Gasteiger partial charge < -0.3 is 5.32 Å². The van der Waals surface area contributed by atoms with E-state index in [0.29, 0.717) is 17.9 Å². The van der Waals surface area contributed by atoms with Gasteiger partial charge in [-0.2, -0.15) is 0 Å². The van der Waals surface area contributed by atoms with E-state index in [1.807, 2.05) is 14.0 Å². The first-order chi connectivity index (χ1) is 6.63. The van der Waals surface area contributed by atoms with Crippen LogP contribution in [0.2, 0.25) is 0 Å². The highest BCUT2D eigenvalue weighted by atomic mass is 19.1. The molecule has 0 aromatic heterocycles. The van der Waals surface area contributed by atoms with Crippen LogP contribution < -0.4 is 5.32 Å². The molecule has 14 heavy (non-hydrogen) atoms. The van der Waals surface area contributed by atoms with Crippen LogP contribution in [0.5, 0.6) is 0 Å². The Morgan fingerprint density at radius 3 is 2.64 bits per heavy atom. The van der Waals surface area contributed by atoms with E-state index in [1.165, 1.54) is 12.1 Å². The Labute approximate surface area is 83.1 Å². The fourth-order valence-electron chi connectivity index (χ4n) is 1.48. The standard InChI is InChI=1S/C11H15F2N/c1-8(7-14-2)5-9-3-4-10(12)6-11(9)13/h3-4,6,8,14H,5,7H2,1-2H3. The highest BCUT2D eigenvalue weighted by molar-refractivity contribution is 5.19. The number of hydrogen-bond donors (Lipinski definition) is 1. The fraction of sp³-hybridized carbons (Fsp3) is 0.455. The molecule has 0 aliphatic carbocycles. The molecule has 1 unspecified atom stereocenters. The van der Waals surface area contributed by atoms with Gasteiger partial charge in [0.05, 0.1) is 0 Å². The van der Waals surface area contributed by atoms with Crippen LogP contribution in [-0.2, 0) is 6.42 Å². The normalized spacial score (nSPS) is 12.9. The van der Waals surface area contributed by atoms with Crippen LogP contribution >= 0.6 is 0 Å². The molecule has 3 heteroatoms. The highest BCUT2D eigenvalue weighted by Crippen LogP contribution is 2.13. The maximum atomic E-state index is 13.2. The topological polar surface area (TPSA) is 12.0 Å². The second-order valence-corrected chi connectivity index (χ2v) is 3.60. The van der Waals surface area contributed by atoms with Crippen LogP contribution in [0, 0.1) is 17.6 Å². The summed E-state index contributed by atoms with van der Waals surface area (Å²) in [5.74, 6) is -0.625. The minimum absolute atomic E-state index is 0.347. The van der Waals surface area contributed by atoms with Crippen molar-refractivity contribution in [3.8, 4) is 0 Å². The van der Waals surface area contributed by atoms with Crippen molar-refractivity contribution in [1.82, 2.24) is 5.32 Å². The average molecular weight is 199 g/mol. The third-order valence-electron chi connectivity index (χ3n) is 2.14. The monoisotopic (exact) mass is 199 g/mol. The Hall–Kier alpha value is -0.960. The summed E-state index contributed by atoms with van der Waals surface area (Å²) < 4.78 is 25.8.